The highest BCUT2D eigenvalue weighted by Crippen LogP contribution is 2.36. The third-order valence-electron chi connectivity index (χ3n) is 3.56. The summed E-state index contributed by atoms with van der Waals surface area (Å²) < 4.78 is 1.40. The third kappa shape index (κ3) is 2.93. The van der Waals surface area contributed by atoms with E-state index < -0.39 is 0 Å². The Morgan fingerprint density at radius 1 is 1.17 bits per heavy atom. The van der Waals surface area contributed by atoms with Crippen LogP contribution in [0.5, 0.6) is 0 Å². The van der Waals surface area contributed by atoms with E-state index in [1.54, 1.807) is 0 Å². The van der Waals surface area contributed by atoms with Gasteiger partial charge in [-0.3, -0.25) is 0 Å². The highest BCUT2D eigenvalue weighted by atomic mass is 32.1. The van der Waals surface area contributed by atoms with Crippen LogP contribution >= 0.6 is 11.3 Å². The third-order valence-corrected chi connectivity index (χ3v) is 4.53. The monoisotopic (exact) mass is 261 g/mol. The minimum atomic E-state index is 0.250. The molecule has 2 rings (SSSR count). The molecule has 1 N–H and O–H groups in total. The maximum Gasteiger partial charge on any atom is 0.0345 e. The topological polar surface area (TPSA) is 12.0 Å². The Balaban J connectivity index is 2.13. The summed E-state index contributed by atoms with van der Waals surface area (Å²) in [4.78, 5) is 0. The molecule has 18 heavy (non-hydrogen) atoms. The van der Waals surface area contributed by atoms with Crippen molar-refractivity contribution >= 4 is 21.4 Å². The fourth-order valence-electron chi connectivity index (χ4n) is 2.34. The molecule has 0 amide bonds. The second-order valence-corrected chi connectivity index (χ2v) is 6.44. The fraction of sp³-hybridized carbons (Fsp3) is 0.500. The van der Waals surface area contributed by atoms with Crippen molar-refractivity contribution < 1.29 is 0 Å². The summed E-state index contributed by atoms with van der Waals surface area (Å²) in [5.74, 6) is 0. The molecule has 2 heteroatoms. The Hall–Kier alpha value is -0.860. The maximum absolute atomic E-state index is 3.50. The molecule has 0 saturated carbocycles. The van der Waals surface area contributed by atoms with E-state index in [1.807, 2.05) is 11.3 Å². The van der Waals surface area contributed by atoms with Crippen LogP contribution in [0, 0.1) is 0 Å². The SMILES string of the molecule is CCCNCCC(C)(C)c1csc2ccccc12. The fourth-order valence-corrected chi connectivity index (χ4v) is 3.49. The van der Waals surface area contributed by atoms with E-state index in [0.29, 0.717) is 0 Å². The lowest BCUT2D eigenvalue weighted by Gasteiger charge is -2.24. The summed E-state index contributed by atoms with van der Waals surface area (Å²) in [7, 11) is 0. The summed E-state index contributed by atoms with van der Waals surface area (Å²) in [6, 6.07) is 8.74. The molecule has 1 aromatic carbocycles. The van der Waals surface area contributed by atoms with Gasteiger partial charge in [-0.25, -0.2) is 0 Å². The van der Waals surface area contributed by atoms with E-state index in [0.717, 1.165) is 13.1 Å². The highest BCUT2D eigenvalue weighted by Gasteiger charge is 2.23. The van der Waals surface area contributed by atoms with Crippen molar-refractivity contribution in [2.75, 3.05) is 13.1 Å². The molecule has 0 bridgehead atoms. The lowest BCUT2D eigenvalue weighted by atomic mass is 9.81. The van der Waals surface area contributed by atoms with Gasteiger partial charge in [0.2, 0.25) is 0 Å². The average Bonchev–Trinajstić information content (AvgIpc) is 2.79. The minimum Gasteiger partial charge on any atom is -0.317 e. The zero-order valence-electron chi connectivity index (χ0n) is 11.6. The van der Waals surface area contributed by atoms with Gasteiger partial charge in [0.05, 0.1) is 0 Å². The normalized spacial score (nSPS) is 12.2. The Labute approximate surface area is 114 Å². The molecule has 0 unspecified atom stereocenters. The number of benzene rings is 1. The number of hydrogen-bond donors (Lipinski definition) is 1. The molecule has 0 radical (unpaired) electrons. The molecular weight excluding hydrogens is 238 g/mol. The summed E-state index contributed by atoms with van der Waals surface area (Å²) in [5.41, 5.74) is 1.75. The summed E-state index contributed by atoms with van der Waals surface area (Å²) in [6.07, 6.45) is 2.40. The largest absolute Gasteiger partial charge is 0.317 e. The average molecular weight is 261 g/mol. The number of nitrogens with one attached hydrogen (secondary N) is 1. The van der Waals surface area contributed by atoms with Crippen molar-refractivity contribution in [3.8, 4) is 0 Å². The Morgan fingerprint density at radius 2 is 1.94 bits per heavy atom. The van der Waals surface area contributed by atoms with Crippen LogP contribution in [0.1, 0.15) is 39.2 Å². The van der Waals surface area contributed by atoms with Crippen LogP contribution in [-0.4, -0.2) is 13.1 Å². The molecule has 0 aliphatic rings. The molecule has 0 aliphatic carbocycles. The quantitative estimate of drug-likeness (QED) is 0.751. The first kappa shape index (κ1) is 13.6. The van der Waals surface area contributed by atoms with Gasteiger partial charge in [-0.15, -0.1) is 11.3 Å². The van der Waals surface area contributed by atoms with Gasteiger partial charge in [-0.2, -0.15) is 0 Å². The summed E-state index contributed by atoms with van der Waals surface area (Å²) in [5, 5.41) is 7.28. The van der Waals surface area contributed by atoms with Gasteiger partial charge in [-0.1, -0.05) is 39.0 Å². The van der Waals surface area contributed by atoms with E-state index >= 15 is 0 Å². The van der Waals surface area contributed by atoms with E-state index in [9.17, 15) is 0 Å². The summed E-state index contributed by atoms with van der Waals surface area (Å²) in [6.45, 7) is 9.15. The number of thiophene rings is 1. The Bertz CT molecular complexity index is 499. The van der Waals surface area contributed by atoms with Crippen molar-refractivity contribution in [2.45, 2.75) is 39.0 Å². The van der Waals surface area contributed by atoms with Gasteiger partial charge in [0.1, 0.15) is 0 Å². The molecule has 0 saturated heterocycles. The molecule has 1 nitrogen and oxygen atoms in total. The smallest absolute Gasteiger partial charge is 0.0345 e. The Kier molecular flexibility index (Phi) is 4.41. The number of hydrogen-bond acceptors (Lipinski definition) is 2. The van der Waals surface area contributed by atoms with Crippen LogP contribution in [0.15, 0.2) is 29.6 Å². The van der Waals surface area contributed by atoms with Crippen LogP contribution in [0.2, 0.25) is 0 Å². The first-order valence-electron chi connectivity index (χ1n) is 6.82. The van der Waals surface area contributed by atoms with Crippen LogP contribution in [0.3, 0.4) is 0 Å². The zero-order valence-corrected chi connectivity index (χ0v) is 12.4. The molecule has 0 atom stereocenters. The predicted molar refractivity (Wildman–Crippen MR) is 82.6 cm³/mol. The lowest BCUT2D eigenvalue weighted by Crippen LogP contribution is -2.25. The molecule has 0 fully saturated rings. The highest BCUT2D eigenvalue weighted by molar-refractivity contribution is 7.17. The van der Waals surface area contributed by atoms with Crippen molar-refractivity contribution in [3.05, 3.63) is 35.2 Å². The molecule has 0 aliphatic heterocycles. The van der Waals surface area contributed by atoms with E-state index in [-0.39, 0.29) is 5.41 Å². The zero-order chi connectivity index (χ0) is 13.0. The minimum absolute atomic E-state index is 0.250. The Morgan fingerprint density at radius 3 is 2.72 bits per heavy atom. The van der Waals surface area contributed by atoms with Crippen molar-refractivity contribution in [1.82, 2.24) is 5.32 Å². The molecule has 1 aromatic heterocycles. The molecule has 0 spiro atoms. The van der Waals surface area contributed by atoms with Crippen LogP contribution in [0.4, 0.5) is 0 Å². The molecule has 1 heterocycles. The van der Waals surface area contributed by atoms with Crippen molar-refractivity contribution in [2.24, 2.45) is 0 Å². The second-order valence-electron chi connectivity index (χ2n) is 5.53. The van der Waals surface area contributed by atoms with Crippen LogP contribution in [-0.2, 0) is 5.41 Å². The lowest BCUT2D eigenvalue weighted by molar-refractivity contribution is 0.461. The van der Waals surface area contributed by atoms with Gasteiger partial charge in [0.25, 0.3) is 0 Å². The standard InChI is InChI=1S/C16H23NS/c1-4-10-17-11-9-16(2,3)14-12-18-15-8-6-5-7-13(14)15/h5-8,12,17H,4,9-11H2,1-3H3. The van der Waals surface area contributed by atoms with Crippen molar-refractivity contribution in [1.29, 1.82) is 0 Å². The van der Waals surface area contributed by atoms with Gasteiger partial charge in [0.15, 0.2) is 0 Å². The van der Waals surface area contributed by atoms with Gasteiger partial charge in [0, 0.05) is 4.70 Å². The van der Waals surface area contributed by atoms with E-state index in [1.165, 1.54) is 28.5 Å². The molecular formula is C16H23NS. The number of rotatable bonds is 6. The van der Waals surface area contributed by atoms with E-state index in [4.69, 9.17) is 0 Å². The molecule has 98 valence electrons. The second kappa shape index (κ2) is 5.85. The molecule has 2 aromatic rings. The number of fused-ring (bicyclic) bond motifs is 1. The predicted octanol–water partition coefficient (Wildman–Crippen LogP) is 4.57. The van der Waals surface area contributed by atoms with Gasteiger partial charge >= 0.3 is 0 Å². The van der Waals surface area contributed by atoms with Gasteiger partial charge < -0.3 is 5.32 Å². The van der Waals surface area contributed by atoms with Crippen LogP contribution < -0.4 is 5.32 Å². The van der Waals surface area contributed by atoms with Crippen molar-refractivity contribution in [3.63, 3.8) is 0 Å². The van der Waals surface area contributed by atoms with E-state index in [2.05, 4.69) is 55.7 Å². The summed E-state index contributed by atoms with van der Waals surface area (Å²) >= 11 is 1.86. The van der Waals surface area contributed by atoms with Crippen LogP contribution in [0.25, 0.3) is 10.1 Å². The van der Waals surface area contributed by atoms with Gasteiger partial charge in [-0.05, 0) is 53.7 Å². The first-order valence-corrected chi connectivity index (χ1v) is 7.70. The first-order chi connectivity index (χ1) is 8.65. The maximum atomic E-state index is 3.50.